The molecule has 33 heavy (non-hydrogen) atoms. The highest BCUT2D eigenvalue weighted by molar-refractivity contribution is 5.89. The maximum atomic E-state index is 13.0. The number of carbonyl (C=O) groups excluding carboxylic acids is 2. The number of aliphatic carboxylic acids is 1. The number of benzene rings is 3. The molecule has 3 N–H and O–H groups in total. The molecule has 3 aromatic carbocycles. The number of nitrogens with one attached hydrogen (secondary N) is 2. The van der Waals surface area contributed by atoms with Crippen molar-refractivity contribution in [1.82, 2.24) is 10.6 Å². The first-order valence-corrected chi connectivity index (χ1v) is 10.6. The summed E-state index contributed by atoms with van der Waals surface area (Å²) in [5.41, 5.74) is 2.40. The van der Waals surface area contributed by atoms with E-state index in [9.17, 15) is 19.5 Å². The van der Waals surface area contributed by atoms with Gasteiger partial charge in [-0.1, -0.05) is 91.0 Å². The Morgan fingerprint density at radius 2 is 1.12 bits per heavy atom. The van der Waals surface area contributed by atoms with Crippen LogP contribution in [0.2, 0.25) is 0 Å². The fourth-order valence-electron chi connectivity index (χ4n) is 3.29. The summed E-state index contributed by atoms with van der Waals surface area (Å²) >= 11 is 0. The van der Waals surface area contributed by atoms with Crippen LogP contribution in [-0.4, -0.2) is 35.2 Å². The molecule has 0 aliphatic rings. The molecule has 0 unspecified atom stereocenters. The van der Waals surface area contributed by atoms with Gasteiger partial charge in [-0.25, -0.2) is 9.59 Å². The summed E-state index contributed by atoms with van der Waals surface area (Å²) in [6, 6.07) is 25.2. The van der Waals surface area contributed by atoms with Crippen molar-refractivity contribution in [2.75, 3.05) is 0 Å². The molecule has 7 heteroatoms. The third-order valence-electron chi connectivity index (χ3n) is 5.00. The lowest BCUT2D eigenvalue weighted by atomic mass is 10.0. The molecular formula is C26H26N2O5. The van der Waals surface area contributed by atoms with Gasteiger partial charge in [-0.2, -0.15) is 0 Å². The SMILES string of the molecule is O=C(N[C@@H](Cc1ccccc1)C(=O)N[C@H](Cc1ccccc1)C(=O)O)OCc1ccccc1. The van der Waals surface area contributed by atoms with Crippen molar-refractivity contribution >= 4 is 18.0 Å². The smallest absolute Gasteiger partial charge is 0.408 e. The monoisotopic (exact) mass is 446 g/mol. The molecule has 0 radical (unpaired) electrons. The Morgan fingerprint density at radius 3 is 1.61 bits per heavy atom. The molecule has 0 aliphatic heterocycles. The lowest BCUT2D eigenvalue weighted by Crippen LogP contribution is -2.53. The van der Waals surface area contributed by atoms with E-state index in [2.05, 4.69) is 10.6 Å². The summed E-state index contributed by atoms with van der Waals surface area (Å²) in [4.78, 5) is 37.2. The molecule has 0 saturated carbocycles. The van der Waals surface area contributed by atoms with E-state index in [1.54, 1.807) is 24.3 Å². The van der Waals surface area contributed by atoms with Crippen molar-refractivity contribution in [3.05, 3.63) is 108 Å². The standard InChI is InChI=1S/C26H26N2O5/c29-24(27-23(25(30)31)17-20-12-6-2-7-13-20)22(16-19-10-4-1-5-11-19)28-26(32)33-18-21-14-8-3-9-15-21/h1-15,22-23H,16-18H2,(H,27,29)(H,28,32)(H,30,31)/t22-,23+/m0/s1. The van der Waals surface area contributed by atoms with Crippen LogP contribution in [0.5, 0.6) is 0 Å². The minimum atomic E-state index is -1.16. The zero-order valence-electron chi connectivity index (χ0n) is 18.0. The fourth-order valence-corrected chi connectivity index (χ4v) is 3.29. The van der Waals surface area contributed by atoms with Gasteiger partial charge in [0, 0.05) is 12.8 Å². The van der Waals surface area contributed by atoms with Gasteiger partial charge in [-0.05, 0) is 16.7 Å². The molecule has 0 saturated heterocycles. The maximum absolute atomic E-state index is 13.0. The van der Waals surface area contributed by atoms with Crippen LogP contribution in [0.3, 0.4) is 0 Å². The van der Waals surface area contributed by atoms with Crippen molar-refractivity contribution in [1.29, 1.82) is 0 Å². The molecule has 3 aromatic rings. The number of alkyl carbamates (subject to hydrolysis) is 1. The minimum absolute atomic E-state index is 0.0537. The van der Waals surface area contributed by atoms with Crippen molar-refractivity contribution < 1.29 is 24.2 Å². The van der Waals surface area contributed by atoms with E-state index < -0.39 is 30.1 Å². The van der Waals surface area contributed by atoms with Gasteiger partial charge in [0.2, 0.25) is 5.91 Å². The van der Waals surface area contributed by atoms with Crippen molar-refractivity contribution in [3.63, 3.8) is 0 Å². The van der Waals surface area contributed by atoms with Gasteiger partial charge in [-0.15, -0.1) is 0 Å². The lowest BCUT2D eigenvalue weighted by molar-refractivity contribution is -0.142. The maximum Gasteiger partial charge on any atom is 0.408 e. The first-order valence-electron chi connectivity index (χ1n) is 10.6. The summed E-state index contributed by atoms with van der Waals surface area (Å²) in [6.45, 7) is 0.0537. The summed E-state index contributed by atoms with van der Waals surface area (Å²) in [7, 11) is 0. The third kappa shape index (κ3) is 7.81. The molecular weight excluding hydrogens is 420 g/mol. The Bertz CT molecular complexity index is 1040. The van der Waals surface area contributed by atoms with Crippen LogP contribution in [-0.2, 0) is 33.8 Å². The minimum Gasteiger partial charge on any atom is -0.480 e. The molecule has 0 aliphatic carbocycles. The highest BCUT2D eigenvalue weighted by atomic mass is 16.5. The van der Waals surface area contributed by atoms with Crippen LogP contribution < -0.4 is 10.6 Å². The summed E-state index contributed by atoms with van der Waals surface area (Å²) in [6.07, 6.45) is -0.451. The topological polar surface area (TPSA) is 105 Å². The van der Waals surface area contributed by atoms with Crippen LogP contribution in [0.1, 0.15) is 16.7 Å². The zero-order valence-corrected chi connectivity index (χ0v) is 18.0. The number of ether oxygens (including phenoxy) is 1. The van der Waals surface area contributed by atoms with Gasteiger partial charge in [0.05, 0.1) is 0 Å². The summed E-state index contributed by atoms with van der Waals surface area (Å²) < 4.78 is 5.25. The number of carboxylic acid groups (broad SMARTS) is 1. The molecule has 3 rings (SSSR count). The molecule has 7 nitrogen and oxygen atoms in total. The van der Waals surface area contributed by atoms with Crippen LogP contribution in [0.25, 0.3) is 0 Å². The molecule has 0 spiro atoms. The Hall–Kier alpha value is -4.13. The highest BCUT2D eigenvalue weighted by Crippen LogP contribution is 2.08. The van der Waals surface area contributed by atoms with Crippen LogP contribution >= 0.6 is 0 Å². The quantitative estimate of drug-likeness (QED) is 0.443. The third-order valence-corrected chi connectivity index (χ3v) is 5.00. The molecule has 0 fully saturated rings. The van der Waals surface area contributed by atoms with Gasteiger partial charge < -0.3 is 20.5 Å². The zero-order chi connectivity index (χ0) is 23.5. The van der Waals surface area contributed by atoms with Gasteiger partial charge in [0.15, 0.2) is 0 Å². The number of carbonyl (C=O) groups is 3. The van der Waals surface area contributed by atoms with Gasteiger partial charge >= 0.3 is 12.1 Å². The molecule has 170 valence electrons. The van der Waals surface area contributed by atoms with E-state index in [4.69, 9.17) is 4.74 Å². The van der Waals surface area contributed by atoms with Gasteiger partial charge in [-0.3, -0.25) is 4.79 Å². The Labute approximate surface area is 192 Å². The average molecular weight is 447 g/mol. The second-order valence-corrected chi connectivity index (χ2v) is 7.54. The lowest BCUT2D eigenvalue weighted by Gasteiger charge is -2.21. The first-order chi connectivity index (χ1) is 16.0. The largest absolute Gasteiger partial charge is 0.480 e. The van der Waals surface area contributed by atoms with Crippen molar-refractivity contribution in [2.24, 2.45) is 0 Å². The molecule has 0 aromatic heterocycles. The molecule has 2 atom stereocenters. The number of rotatable bonds is 10. The van der Waals surface area contributed by atoms with Crippen molar-refractivity contribution in [3.8, 4) is 0 Å². The molecule has 0 heterocycles. The Balaban J connectivity index is 1.68. The highest BCUT2D eigenvalue weighted by Gasteiger charge is 2.27. The predicted molar refractivity (Wildman–Crippen MR) is 123 cm³/mol. The average Bonchev–Trinajstić information content (AvgIpc) is 2.84. The fraction of sp³-hybridized carbons (Fsp3) is 0.192. The van der Waals surface area contributed by atoms with Crippen LogP contribution in [0, 0.1) is 0 Å². The summed E-state index contributed by atoms with van der Waals surface area (Å²) in [5, 5.41) is 14.8. The number of hydrogen-bond donors (Lipinski definition) is 3. The van der Waals surface area contributed by atoms with Crippen molar-refractivity contribution in [2.45, 2.75) is 31.5 Å². The molecule has 0 bridgehead atoms. The molecule has 2 amide bonds. The number of hydrogen-bond acceptors (Lipinski definition) is 4. The van der Waals surface area contributed by atoms with E-state index >= 15 is 0 Å². The number of carboxylic acids is 1. The second-order valence-electron chi connectivity index (χ2n) is 7.54. The van der Waals surface area contributed by atoms with E-state index in [-0.39, 0.29) is 19.4 Å². The first kappa shape index (κ1) is 23.5. The second kappa shape index (κ2) is 12.0. The Kier molecular flexibility index (Phi) is 8.59. The van der Waals surface area contributed by atoms with Gasteiger partial charge in [0.1, 0.15) is 18.7 Å². The van der Waals surface area contributed by atoms with E-state index in [0.29, 0.717) is 0 Å². The normalized spacial score (nSPS) is 12.2. The van der Waals surface area contributed by atoms with Gasteiger partial charge in [0.25, 0.3) is 0 Å². The Morgan fingerprint density at radius 1 is 0.667 bits per heavy atom. The van der Waals surface area contributed by atoms with E-state index in [0.717, 1.165) is 16.7 Å². The predicted octanol–water partition coefficient (Wildman–Crippen LogP) is 3.34. The van der Waals surface area contributed by atoms with E-state index in [1.807, 2.05) is 66.7 Å². The van der Waals surface area contributed by atoms with E-state index in [1.165, 1.54) is 0 Å². The van der Waals surface area contributed by atoms with Crippen LogP contribution in [0.4, 0.5) is 4.79 Å². The summed E-state index contributed by atoms with van der Waals surface area (Å²) in [5.74, 6) is -1.75. The van der Waals surface area contributed by atoms with Crippen LogP contribution in [0.15, 0.2) is 91.0 Å². The number of amides is 2.